The third kappa shape index (κ3) is 6.54. The van der Waals surface area contributed by atoms with E-state index < -0.39 is 5.97 Å². The Morgan fingerprint density at radius 2 is 1.62 bits per heavy atom. The number of nitrogens with one attached hydrogen (secondary N) is 1. The van der Waals surface area contributed by atoms with E-state index in [9.17, 15) is 20.1 Å². The van der Waals surface area contributed by atoms with Crippen LogP contribution >= 0.6 is 11.8 Å². The molecule has 0 aliphatic rings. The number of amides is 1. The predicted molar refractivity (Wildman–Crippen MR) is 150 cm³/mol. The second-order valence-corrected chi connectivity index (χ2v) is 9.09. The number of ether oxygens (including phenoxy) is 4. The molecule has 1 amide bonds. The second-order valence-electron chi connectivity index (χ2n) is 8.01. The van der Waals surface area contributed by atoms with Crippen molar-refractivity contribution >= 4 is 35.1 Å². The van der Waals surface area contributed by atoms with Crippen molar-refractivity contribution in [1.29, 1.82) is 10.5 Å². The summed E-state index contributed by atoms with van der Waals surface area (Å²) in [5, 5.41) is 22.9. The molecule has 0 saturated heterocycles. The lowest BCUT2D eigenvalue weighted by atomic mass is 9.96. The molecular formula is C28H27N5O6S. The number of benzene rings is 2. The fourth-order valence-corrected chi connectivity index (χ4v) is 4.72. The van der Waals surface area contributed by atoms with E-state index in [1.54, 1.807) is 43.3 Å². The van der Waals surface area contributed by atoms with Crippen molar-refractivity contribution in [3.05, 3.63) is 53.1 Å². The molecule has 0 bridgehead atoms. The zero-order valence-electron chi connectivity index (χ0n) is 22.4. The fraction of sp³-hybridized carbons (Fsp3) is 0.250. The van der Waals surface area contributed by atoms with Gasteiger partial charge in [-0.1, -0.05) is 0 Å². The number of hydrogen-bond acceptors (Lipinski definition) is 11. The summed E-state index contributed by atoms with van der Waals surface area (Å²) in [4.78, 5) is 28.6. The Hall–Kier alpha value is -4.94. The molecule has 3 aromatic rings. The molecule has 3 N–H and O–H groups in total. The average Bonchev–Trinajstić information content (AvgIpc) is 2.96. The molecule has 0 unspecified atom stereocenters. The van der Waals surface area contributed by atoms with Crippen LogP contribution in [0, 0.1) is 22.7 Å². The summed E-state index contributed by atoms with van der Waals surface area (Å²) in [6.07, 6.45) is 0.0935. The van der Waals surface area contributed by atoms with Gasteiger partial charge in [-0.15, -0.1) is 11.8 Å². The van der Waals surface area contributed by atoms with Gasteiger partial charge < -0.3 is 30.0 Å². The molecule has 12 heteroatoms. The molecule has 0 radical (unpaired) electrons. The summed E-state index contributed by atoms with van der Waals surface area (Å²) in [6, 6.07) is 13.7. The number of anilines is 2. The topological polar surface area (TPSA) is 170 Å². The number of carbonyl (C=O) groups excluding carboxylic acids is 2. The Morgan fingerprint density at radius 1 is 1.00 bits per heavy atom. The Bertz CT molecular complexity index is 1470. The van der Waals surface area contributed by atoms with Crippen LogP contribution in [0.25, 0.3) is 11.1 Å². The highest BCUT2D eigenvalue weighted by Crippen LogP contribution is 2.44. The molecular weight excluding hydrogens is 534 g/mol. The van der Waals surface area contributed by atoms with Gasteiger partial charge in [0, 0.05) is 23.4 Å². The summed E-state index contributed by atoms with van der Waals surface area (Å²) >= 11 is 1.16. The lowest BCUT2D eigenvalue weighted by Gasteiger charge is -2.17. The van der Waals surface area contributed by atoms with Crippen molar-refractivity contribution in [3.63, 3.8) is 0 Å². The van der Waals surface area contributed by atoms with Crippen LogP contribution in [0.5, 0.6) is 17.2 Å². The Kier molecular flexibility index (Phi) is 10.2. The van der Waals surface area contributed by atoms with E-state index in [0.29, 0.717) is 34.1 Å². The van der Waals surface area contributed by atoms with E-state index in [-0.39, 0.29) is 52.2 Å². The zero-order valence-corrected chi connectivity index (χ0v) is 23.2. The number of nitrogens with zero attached hydrogens (tertiary/aromatic N) is 3. The fourth-order valence-electron chi connectivity index (χ4n) is 3.78. The molecule has 0 atom stereocenters. The number of nitrogens with two attached hydrogens (primary N) is 1. The van der Waals surface area contributed by atoms with Gasteiger partial charge in [0.25, 0.3) is 0 Å². The smallest absolute Gasteiger partial charge is 0.338 e. The van der Waals surface area contributed by atoms with Crippen LogP contribution in [0.2, 0.25) is 0 Å². The number of carbonyl (C=O) groups is 2. The predicted octanol–water partition coefficient (Wildman–Crippen LogP) is 4.40. The molecule has 0 aliphatic carbocycles. The highest BCUT2D eigenvalue weighted by molar-refractivity contribution is 7.99. The first-order valence-corrected chi connectivity index (χ1v) is 12.9. The lowest BCUT2D eigenvalue weighted by Crippen LogP contribution is -2.13. The van der Waals surface area contributed by atoms with Crippen molar-refractivity contribution in [2.45, 2.75) is 18.4 Å². The number of thioether (sulfide) groups is 1. The minimum atomic E-state index is -0.440. The van der Waals surface area contributed by atoms with Gasteiger partial charge in [0.2, 0.25) is 11.7 Å². The highest BCUT2D eigenvalue weighted by Gasteiger charge is 2.24. The maximum Gasteiger partial charge on any atom is 0.338 e. The standard InChI is InChI=1S/C28H27N5O6S/c1-5-39-28(35)16-6-8-18(9-7-16)32-23(34)10-11-40-27-20(15-30)24(19(14-29)26(31)33-27)17-12-21(36-2)25(38-4)22(13-17)37-3/h6-9,12-13H,5,10-11H2,1-4H3,(H2,31,33)(H,32,34). The minimum Gasteiger partial charge on any atom is -0.493 e. The summed E-state index contributed by atoms with van der Waals surface area (Å²) in [6.45, 7) is 1.99. The molecule has 40 heavy (non-hydrogen) atoms. The molecule has 0 fully saturated rings. The number of nitrogen functional groups attached to an aromatic ring is 1. The van der Waals surface area contributed by atoms with E-state index >= 15 is 0 Å². The van der Waals surface area contributed by atoms with Gasteiger partial charge in [0.1, 0.15) is 28.5 Å². The molecule has 1 aromatic heterocycles. The van der Waals surface area contributed by atoms with Gasteiger partial charge >= 0.3 is 5.97 Å². The zero-order chi connectivity index (χ0) is 29.2. The Morgan fingerprint density at radius 3 is 2.15 bits per heavy atom. The van der Waals surface area contributed by atoms with E-state index in [1.165, 1.54) is 21.3 Å². The first kappa shape index (κ1) is 29.6. The van der Waals surface area contributed by atoms with E-state index in [2.05, 4.69) is 16.4 Å². The van der Waals surface area contributed by atoms with Crippen LogP contribution in [-0.4, -0.2) is 50.5 Å². The number of methoxy groups -OCH3 is 3. The van der Waals surface area contributed by atoms with Crippen LogP contribution in [0.4, 0.5) is 11.5 Å². The first-order valence-electron chi connectivity index (χ1n) is 12.0. The van der Waals surface area contributed by atoms with Crippen LogP contribution in [-0.2, 0) is 9.53 Å². The highest BCUT2D eigenvalue weighted by atomic mass is 32.2. The van der Waals surface area contributed by atoms with Crippen LogP contribution in [0.1, 0.15) is 34.8 Å². The quantitative estimate of drug-likeness (QED) is 0.251. The maximum absolute atomic E-state index is 12.5. The van der Waals surface area contributed by atoms with Crippen molar-refractivity contribution < 1.29 is 28.5 Å². The van der Waals surface area contributed by atoms with Crippen LogP contribution in [0.15, 0.2) is 41.4 Å². The third-order valence-corrected chi connectivity index (χ3v) is 6.59. The monoisotopic (exact) mass is 561 g/mol. The number of pyridine rings is 1. The van der Waals surface area contributed by atoms with Gasteiger partial charge in [0.15, 0.2) is 11.5 Å². The molecule has 1 heterocycles. The largest absolute Gasteiger partial charge is 0.493 e. The minimum absolute atomic E-state index is 0.0270. The molecule has 0 spiro atoms. The van der Waals surface area contributed by atoms with E-state index in [4.69, 9.17) is 24.7 Å². The molecule has 0 aliphatic heterocycles. The molecule has 0 saturated carbocycles. The maximum atomic E-state index is 12.5. The summed E-state index contributed by atoms with van der Waals surface area (Å²) in [7, 11) is 4.38. The average molecular weight is 562 g/mol. The van der Waals surface area contributed by atoms with Gasteiger partial charge in [-0.05, 0) is 48.9 Å². The number of hydrogen-bond donors (Lipinski definition) is 2. The Balaban J connectivity index is 1.84. The number of aromatic nitrogens is 1. The van der Waals surface area contributed by atoms with Gasteiger partial charge in [-0.25, -0.2) is 9.78 Å². The molecule has 11 nitrogen and oxygen atoms in total. The SMILES string of the molecule is CCOC(=O)c1ccc(NC(=O)CCSc2nc(N)c(C#N)c(-c3cc(OC)c(OC)c(OC)c3)c2C#N)cc1. The van der Waals surface area contributed by atoms with Crippen molar-refractivity contribution in [1.82, 2.24) is 4.98 Å². The van der Waals surface area contributed by atoms with Crippen molar-refractivity contribution in [3.8, 4) is 40.5 Å². The second kappa shape index (κ2) is 13.7. The number of nitriles is 2. The third-order valence-electron chi connectivity index (χ3n) is 5.62. The molecule has 206 valence electrons. The van der Waals surface area contributed by atoms with Crippen LogP contribution in [0.3, 0.4) is 0 Å². The number of esters is 1. The van der Waals surface area contributed by atoms with Crippen molar-refractivity contribution in [2.75, 3.05) is 44.7 Å². The Labute approximate surface area is 235 Å². The summed E-state index contributed by atoms with van der Waals surface area (Å²) < 4.78 is 21.2. The normalized spacial score (nSPS) is 10.2. The number of rotatable bonds is 11. The van der Waals surface area contributed by atoms with Crippen LogP contribution < -0.4 is 25.3 Å². The van der Waals surface area contributed by atoms with Crippen molar-refractivity contribution in [2.24, 2.45) is 0 Å². The van der Waals surface area contributed by atoms with Gasteiger partial charge in [0.05, 0.1) is 39.1 Å². The first-order chi connectivity index (χ1) is 19.3. The summed E-state index contributed by atoms with van der Waals surface area (Å²) in [5.74, 6) is 0.519. The summed E-state index contributed by atoms with van der Waals surface area (Å²) in [5.41, 5.74) is 7.89. The van der Waals surface area contributed by atoms with E-state index in [0.717, 1.165) is 11.8 Å². The molecule has 2 aromatic carbocycles. The van der Waals surface area contributed by atoms with Gasteiger partial charge in [-0.3, -0.25) is 4.79 Å². The van der Waals surface area contributed by atoms with Gasteiger partial charge in [-0.2, -0.15) is 10.5 Å². The van der Waals surface area contributed by atoms with E-state index in [1.807, 2.05) is 6.07 Å². The lowest BCUT2D eigenvalue weighted by molar-refractivity contribution is -0.115. The molecule has 3 rings (SSSR count).